The van der Waals surface area contributed by atoms with Gasteiger partial charge in [0.15, 0.2) is 4.87 Å². The molecule has 1 radical (unpaired) electrons. The van der Waals surface area contributed by atoms with Crippen LogP contribution in [0.3, 0.4) is 0 Å². The summed E-state index contributed by atoms with van der Waals surface area (Å²) in [4.78, 5) is -0.0531. The number of rotatable bonds is 5. The molecule has 0 N–H and O–H groups in total. The Labute approximate surface area is 143 Å². The van der Waals surface area contributed by atoms with Crippen molar-refractivity contribution in [1.29, 1.82) is 5.26 Å². The summed E-state index contributed by atoms with van der Waals surface area (Å²) in [7, 11) is 3.77. The van der Waals surface area contributed by atoms with Gasteiger partial charge in [-0.2, -0.15) is 5.26 Å². The largest absolute Gasteiger partial charge is 0.364 e. The zero-order valence-electron chi connectivity index (χ0n) is 12.1. The fraction of sp³-hybridized carbons (Fsp3) is 0.375. The summed E-state index contributed by atoms with van der Waals surface area (Å²) < 4.78 is 39.3. The summed E-state index contributed by atoms with van der Waals surface area (Å²) in [5.74, 6) is 0. The lowest BCUT2D eigenvalue weighted by atomic mass is 9.83. The number of halogens is 5. The van der Waals surface area contributed by atoms with Crippen molar-refractivity contribution in [1.82, 2.24) is 4.90 Å². The first kappa shape index (κ1) is 18.0. The van der Waals surface area contributed by atoms with Crippen molar-refractivity contribution in [2.45, 2.75) is 16.3 Å². The molecule has 0 aliphatic carbocycles. The number of benzene rings is 1. The van der Waals surface area contributed by atoms with Crippen molar-refractivity contribution >= 4 is 23.2 Å². The molecule has 0 bridgehead atoms. The van der Waals surface area contributed by atoms with E-state index in [9.17, 15) is 18.4 Å². The summed E-state index contributed by atoms with van der Waals surface area (Å²) in [6.07, 6.45) is 1.45. The number of alkyl halides is 4. The van der Waals surface area contributed by atoms with Gasteiger partial charge in [-0.3, -0.25) is 0 Å². The minimum absolute atomic E-state index is 0.136. The van der Waals surface area contributed by atoms with Crippen LogP contribution in [0.25, 0.3) is 0 Å². The van der Waals surface area contributed by atoms with Gasteiger partial charge in [0.2, 0.25) is 0 Å². The minimum atomic E-state index is -1.79. The lowest BCUT2D eigenvalue weighted by Crippen LogP contribution is -2.34. The van der Waals surface area contributed by atoms with E-state index in [0.717, 1.165) is 0 Å². The first-order chi connectivity index (χ1) is 10.9. The van der Waals surface area contributed by atoms with Gasteiger partial charge in [0, 0.05) is 13.2 Å². The fourth-order valence-corrected chi connectivity index (χ4v) is 3.14. The van der Waals surface area contributed by atoms with E-state index in [2.05, 4.69) is 7.05 Å². The Balaban J connectivity index is 2.39. The lowest BCUT2D eigenvalue weighted by molar-refractivity contribution is 0.191. The van der Waals surface area contributed by atoms with Crippen LogP contribution in [0.4, 0.5) is 13.2 Å². The number of nitrogens with zero attached hydrogens (tertiary/aromatic N) is 2. The predicted molar refractivity (Wildman–Crippen MR) is 84.1 cm³/mol. The molecule has 1 aliphatic heterocycles. The Kier molecular flexibility index (Phi) is 5.17. The molecule has 1 aliphatic rings. The van der Waals surface area contributed by atoms with Crippen LogP contribution in [0.1, 0.15) is 17.2 Å². The summed E-state index contributed by atoms with van der Waals surface area (Å²) in [6, 6.07) is 7.25. The standard InChI is InChI=1S/C16H14Cl2F3N2/c1-23-6-13(17)16(18,10-22)14(23)11-2-4-12(5-3-11)15(7-19,8-20)9-21/h2-6,14H,1,7-9H2. The lowest BCUT2D eigenvalue weighted by Gasteiger charge is -2.30. The smallest absolute Gasteiger partial charge is 0.191 e. The van der Waals surface area contributed by atoms with Gasteiger partial charge in [0.05, 0.1) is 22.6 Å². The molecule has 1 aromatic carbocycles. The van der Waals surface area contributed by atoms with Crippen LogP contribution < -0.4 is 0 Å². The molecule has 2 atom stereocenters. The number of hydrogen-bond donors (Lipinski definition) is 0. The molecule has 0 amide bonds. The quantitative estimate of drug-likeness (QED) is 0.718. The van der Waals surface area contributed by atoms with Crippen molar-refractivity contribution in [3.63, 3.8) is 0 Å². The molecule has 0 spiro atoms. The molecule has 0 saturated heterocycles. The van der Waals surface area contributed by atoms with Gasteiger partial charge in [0.1, 0.15) is 20.0 Å². The van der Waals surface area contributed by atoms with Crippen LogP contribution in [0.15, 0.2) is 35.5 Å². The summed E-state index contributed by atoms with van der Waals surface area (Å²) in [5, 5.41) is 9.47. The van der Waals surface area contributed by atoms with Crippen molar-refractivity contribution in [3.05, 3.63) is 53.7 Å². The van der Waals surface area contributed by atoms with Crippen LogP contribution in [0.2, 0.25) is 0 Å². The molecule has 0 fully saturated rings. The molecular weight excluding hydrogens is 348 g/mol. The average Bonchev–Trinajstić information content (AvgIpc) is 2.80. The maximum absolute atomic E-state index is 13.1. The van der Waals surface area contributed by atoms with Gasteiger partial charge >= 0.3 is 0 Å². The third-order valence-corrected chi connectivity index (χ3v) is 5.09. The Hall–Kier alpha value is -1.38. The molecular formula is C16H14Cl2F3N2. The predicted octanol–water partition coefficient (Wildman–Crippen LogP) is 4.56. The molecule has 23 heavy (non-hydrogen) atoms. The maximum atomic E-state index is 13.1. The highest BCUT2D eigenvalue weighted by Gasteiger charge is 2.48. The number of hydrogen-bond acceptors (Lipinski definition) is 2. The SMILES string of the molecule is [CH2]N1C=C(Cl)C(Cl)(C#N)C1c1ccc(C(CF)(CF)CF)cc1. The van der Waals surface area contributed by atoms with E-state index in [-0.39, 0.29) is 10.6 Å². The van der Waals surface area contributed by atoms with E-state index in [1.807, 2.05) is 6.07 Å². The normalized spacial score (nSPS) is 24.5. The Morgan fingerprint density at radius 1 is 1.22 bits per heavy atom. The minimum Gasteiger partial charge on any atom is -0.364 e. The molecule has 2 rings (SSSR count). The van der Waals surface area contributed by atoms with Gasteiger partial charge in [-0.05, 0) is 11.1 Å². The molecule has 0 saturated carbocycles. The highest BCUT2D eigenvalue weighted by atomic mass is 35.5. The topological polar surface area (TPSA) is 27.0 Å². The Morgan fingerprint density at radius 2 is 1.74 bits per heavy atom. The third-order valence-electron chi connectivity index (χ3n) is 4.10. The van der Waals surface area contributed by atoms with Crippen LogP contribution in [0, 0.1) is 18.4 Å². The van der Waals surface area contributed by atoms with E-state index >= 15 is 0 Å². The second-order valence-corrected chi connectivity index (χ2v) is 6.52. The molecule has 123 valence electrons. The molecule has 0 aromatic heterocycles. The second-order valence-electron chi connectivity index (χ2n) is 5.52. The van der Waals surface area contributed by atoms with Crippen molar-refractivity contribution in [2.24, 2.45) is 0 Å². The average molecular weight is 362 g/mol. The zero-order chi connectivity index (χ0) is 17.3. The Bertz CT molecular complexity index is 629. The third kappa shape index (κ3) is 2.79. The summed E-state index contributed by atoms with van der Waals surface area (Å²) in [6.45, 7) is -3.43. The molecule has 1 aromatic rings. The van der Waals surface area contributed by atoms with E-state index < -0.39 is 36.4 Å². The van der Waals surface area contributed by atoms with Crippen LogP contribution >= 0.6 is 23.2 Å². The van der Waals surface area contributed by atoms with Gasteiger partial charge in [-0.15, -0.1) is 0 Å². The molecule has 7 heteroatoms. The van der Waals surface area contributed by atoms with Gasteiger partial charge < -0.3 is 4.90 Å². The van der Waals surface area contributed by atoms with Crippen molar-refractivity contribution in [3.8, 4) is 6.07 Å². The molecule has 2 nitrogen and oxygen atoms in total. The van der Waals surface area contributed by atoms with Gasteiger partial charge in [0.25, 0.3) is 0 Å². The molecule has 1 heterocycles. The highest BCUT2D eigenvalue weighted by molar-refractivity contribution is 6.41. The van der Waals surface area contributed by atoms with E-state index in [1.165, 1.54) is 23.2 Å². The van der Waals surface area contributed by atoms with Crippen LogP contribution in [-0.4, -0.2) is 29.8 Å². The highest BCUT2D eigenvalue weighted by Crippen LogP contribution is 2.48. The number of nitriles is 1. The van der Waals surface area contributed by atoms with E-state index in [1.54, 1.807) is 12.1 Å². The summed E-state index contributed by atoms with van der Waals surface area (Å²) >= 11 is 12.3. The van der Waals surface area contributed by atoms with Crippen LogP contribution in [-0.2, 0) is 5.41 Å². The Morgan fingerprint density at radius 3 is 2.17 bits per heavy atom. The maximum Gasteiger partial charge on any atom is 0.191 e. The van der Waals surface area contributed by atoms with Crippen LogP contribution in [0.5, 0.6) is 0 Å². The first-order valence-electron chi connectivity index (χ1n) is 6.73. The summed E-state index contributed by atoms with van der Waals surface area (Å²) in [5.41, 5.74) is -1.00. The second kappa shape index (κ2) is 6.62. The van der Waals surface area contributed by atoms with E-state index in [4.69, 9.17) is 23.2 Å². The monoisotopic (exact) mass is 361 g/mol. The molecule has 2 unspecified atom stereocenters. The fourth-order valence-electron chi connectivity index (χ4n) is 2.57. The van der Waals surface area contributed by atoms with E-state index in [0.29, 0.717) is 5.56 Å². The zero-order valence-corrected chi connectivity index (χ0v) is 13.6. The first-order valence-corrected chi connectivity index (χ1v) is 7.49. The van der Waals surface area contributed by atoms with Gasteiger partial charge in [-0.25, -0.2) is 13.2 Å². The van der Waals surface area contributed by atoms with Crippen molar-refractivity contribution < 1.29 is 13.2 Å². The van der Waals surface area contributed by atoms with Gasteiger partial charge in [-0.1, -0.05) is 47.5 Å². The van der Waals surface area contributed by atoms with Crippen molar-refractivity contribution in [2.75, 3.05) is 20.0 Å².